The first kappa shape index (κ1) is 14.5. The lowest BCUT2D eigenvalue weighted by molar-refractivity contribution is 0.377. The lowest BCUT2D eigenvalue weighted by atomic mass is 10.1. The highest BCUT2D eigenvalue weighted by Crippen LogP contribution is 2.16. The van der Waals surface area contributed by atoms with Crippen molar-refractivity contribution in [2.45, 2.75) is 19.4 Å². The number of benzene rings is 1. The molecule has 0 amide bonds. The Morgan fingerprint density at radius 2 is 1.91 bits per heavy atom. The Labute approximate surface area is 132 Å². The third-order valence-electron chi connectivity index (χ3n) is 3.04. The zero-order valence-corrected chi connectivity index (χ0v) is 12.7. The summed E-state index contributed by atoms with van der Waals surface area (Å²) < 4.78 is 5.28. The summed E-state index contributed by atoms with van der Waals surface area (Å²) in [6.07, 6.45) is 3.67. The van der Waals surface area contributed by atoms with Crippen LogP contribution in [0.25, 0.3) is 0 Å². The molecule has 0 aliphatic carbocycles. The monoisotopic (exact) mass is 315 g/mol. The standard InChI is InChI=1S/C15H14ClN5O/c1-10(19-15-17-8-12(16)9-18-15)14-20-13(22-21-14)7-11-5-3-2-4-6-11/h2-6,8-10H,7H2,1H3,(H,17,18,19). The first-order chi connectivity index (χ1) is 10.7. The number of nitrogens with zero attached hydrogens (tertiary/aromatic N) is 4. The van der Waals surface area contributed by atoms with Gasteiger partial charge in [0, 0.05) is 0 Å². The van der Waals surface area contributed by atoms with Gasteiger partial charge in [0.1, 0.15) is 0 Å². The van der Waals surface area contributed by atoms with E-state index < -0.39 is 0 Å². The lowest BCUT2D eigenvalue weighted by Gasteiger charge is -2.08. The summed E-state index contributed by atoms with van der Waals surface area (Å²) in [5, 5.41) is 7.58. The summed E-state index contributed by atoms with van der Waals surface area (Å²) in [4.78, 5) is 12.6. The van der Waals surface area contributed by atoms with Crippen molar-refractivity contribution >= 4 is 17.5 Å². The van der Waals surface area contributed by atoms with Crippen LogP contribution in [0.2, 0.25) is 5.02 Å². The van der Waals surface area contributed by atoms with Gasteiger partial charge in [0.15, 0.2) is 5.82 Å². The van der Waals surface area contributed by atoms with Crippen LogP contribution < -0.4 is 5.32 Å². The highest BCUT2D eigenvalue weighted by molar-refractivity contribution is 6.30. The van der Waals surface area contributed by atoms with Crippen molar-refractivity contribution in [3.8, 4) is 0 Å². The number of hydrogen-bond donors (Lipinski definition) is 1. The molecule has 1 N–H and O–H groups in total. The summed E-state index contributed by atoms with van der Waals surface area (Å²) in [6.45, 7) is 1.91. The van der Waals surface area contributed by atoms with Crippen molar-refractivity contribution < 1.29 is 4.52 Å². The second kappa shape index (κ2) is 6.53. The minimum Gasteiger partial charge on any atom is -0.344 e. The van der Waals surface area contributed by atoms with Gasteiger partial charge in [-0.3, -0.25) is 0 Å². The van der Waals surface area contributed by atoms with Gasteiger partial charge in [-0.1, -0.05) is 47.1 Å². The van der Waals surface area contributed by atoms with E-state index in [0.717, 1.165) is 5.56 Å². The van der Waals surface area contributed by atoms with Crippen LogP contribution in [-0.2, 0) is 6.42 Å². The normalized spacial score (nSPS) is 12.1. The summed E-state index contributed by atoms with van der Waals surface area (Å²) in [6, 6.07) is 9.80. The molecule has 0 spiro atoms. The second-order valence-electron chi connectivity index (χ2n) is 4.80. The molecule has 3 aromatic rings. The zero-order valence-electron chi connectivity index (χ0n) is 11.9. The van der Waals surface area contributed by atoms with E-state index in [-0.39, 0.29) is 6.04 Å². The fourth-order valence-corrected chi connectivity index (χ4v) is 2.03. The molecule has 7 heteroatoms. The smallest absolute Gasteiger partial charge is 0.231 e. The molecule has 1 aromatic carbocycles. The number of halogens is 1. The van der Waals surface area contributed by atoms with Gasteiger partial charge in [-0.15, -0.1) is 0 Å². The summed E-state index contributed by atoms with van der Waals surface area (Å²) in [7, 11) is 0. The molecular weight excluding hydrogens is 302 g/mol. The third kappa shape index (κ3) is 3.59. The first-order valence-electron chi connectivity index (χ1n) is 6.81. The molecular formula is C15H14ClN5O. The molecule has 2 aromatic heterocycles. The summed E-state index contributed by atoms with van der Waals surface area (Å²) in [5.41, 5.74) is 1.12. The van der Waals surface area contributed by atoms with Gasteiger partial charge in [-0.2, -0.15) is 4.98 Å². The molecule has 1 atom stereocenters. The molecule has 0 saturated carbocycles. The molecule has 6 nitrogen and oxygen atoms in total. The predicted octanol–water partition coefficient (Wildman–Crippen LogP) is 3.28. The van der Waals surface area contributed by atoms with E-state index in [1.807, 2.05) is 37.3 Å². The SMILES string of the molecule is CC(Nc1ncc(Cl)cn1)c1noc(Cc2ccccc2)n1. The maximum absolute atomic E-state index is 5.75. The molecule has 0 fully saturated rings. The Bertz CT molecular complexity index is 729. The minimum atomic E-state index is -0.172. The Balaban J connectivity index is 1.66. The van der Waals surface area contributed by atoms with Gasteiger partial charge >= 0.3 is 0 Å². The number of aromatic nitrogens is 4. The maximum atomic E-state index is 5.75. The van der Waals surface area contributed by atoms with Gasteiger partial charge in [0.2, 0.25) is 11.8 Å². The number of nitrogens with one attached hydrogen (secondary N) is 1. The van der Waals surface area contributed by atoms with E-state index >= 15 is 0 Å². The summed E-state index contributed by atoms with van der Waals surface area (Å²) in [5.74, 6) is 1.60. The fourth-order valence-electron chi connectivity index (χ4n) is 1.93. The van der Waals surface area contributed by atoms with Crippen molar-refractivity contribution in [1.29, 1.82) is 0 Å². The van der Waals surface area contributed by atoms with Gasteiger partial charge in [-0.05, 0) is 12.5 Å². The highest BCUT2D eigenvalue weighted by Gasteiger charge is 2.14. The van der Waals surface area contributed by atoms with E-state index in [1.165, 1.54) is 12.4 Å². The van der Waals surface area contributed by atoms with Gasteiger partial charge in [0.05, 0.1) is 29.9 Å². The van der Waals surface area contributed by atoms with Crippen LogP contribution in [0.15, 0.2) is 47.2 Å². The van der Waals surface area contributed by atoms with Crippen molar-refractivity contribution in [3.05, 3.63) is 65.0 Å². The van der Waals surface area contributed by atoms with Crippen molar-refractivity contribution in [1.82, 2.24) is 20.1 Å². The van der Waals surface area contributed by atoms with Gasteiger partial charge in [-0.25, -0.2) is 9.97 Å². The van der Waals surface area contributed by atoms with E-state index in [4.69, 9.17) is 16.1 Å². The van der Waals surface area contributed by atoms with Crippen molar-refractivity contribution in [2.75, 3.05) is 5.32 Å². The summed E-state index contributed by atoms with van der Waals surface area (Å²) >= 11 is 5.75. The molecule has 3 rings (SSSR count). The minimum absolute atomic E-state index is 0.172. The molecule has 2 heterocycles. The number of rotatable bonds is 5. The first-order valence-corrected chi connectivity index (χ1v) is 7.19. The predicted molar refractivity (Wildman–Crippen MR) is 82.6 cm³/mol. The molecule has 0 bridgehead atoms. The highest BCUT2D eigenvalue weighted by atomic mass is 35.5. The molecule has 0 aliphatic heterocycles. The largest absolute Gasteiger partial charge is 0.344 e. The van der Waals surface area contributed by atoms with Crippen LogP contribution in [0.3, 0.4) is 0 Å². The molecule has 0 aliphatic rings. The van der Waals surface area contributed by atoms with Gasteiger partial charge < -0.3 is 9.84 Å². The number of anilines is 1. The molecule has 0 radical (unpaired) electrons. The molecule has 112 valence electrons. The average molecular weight is 316 g/mol. The Hall–Kier alpha value is -2.47. The molecule has 1 unspecified atom stereocenters. The van der Waals surface area contributed by atoms with Crippen LogP contribution >= 0.6 is 11.6 Å². The van der Waals surface area contributed by atoms with E-state index in [9.17, 15) is 0 Å². The van der Waals surface area contributed by atoms with Crippen LogP contribution in [0, 0.1) is 0 Å². The third-order valence-corrected chi connectivity index (χ3v) is 3.23. The van der Waals surface area contributed by atoms with E-state index in [1.54, 1.807) is 0 Å². The van der Waals surface area contributed by atoms with Crippen LogP contribution in [-0.4, -0.2) is 20.1 Å². The van der Waals surface area contributed by atoms with Gasteiger partial charge in [0.25, 0.3) is 0 Å². The Morgan fingerprint density at radius 1 is 1.18 bits per heavy atom. The Kier molecular flexibility index (Phi) is 4.29. The average Bonchev–Trinajstić information content (AvgIpc) is 2.99. The fraction of sp³-hybridized carbons (Fsp3) is 0.200. The zero-order chi connectivity index (χ0) is 15.4. The Morgan fingerprint density at radius 3 is 2.64 bits per heavy atom. The van der Waals surface area contributed by atoms with E-state index in [2.05, 4.69) is 25.4 Å². The van der Waals surface area contributed by atoms with Crippen molar-refractivity contribution in [3.63, 3.8) is 0 Å². The quantitative estimate of drug-likeness (QED) is 0.778. The van der Waals surface area contributed by atoms with Crippen molar-refractivity contribution in [2.24, 2.45) is 0 Å². The second-order valence-corrected chi connectivity index (χ2v) is 5.24. The van der Waals surface area contributed by atoms with Crippen LogP contribution in [0.1, 0.15) is 30.2 Å². The van der Waals surface area contributed by atoms with E-state index in [0.29, 0.717) is 29.1 Å². The lowest BCUT2D eigenvalue weighted by Crippen LogP contribution is -2.10. The topological polar surface area (TPSA) is 76.7 Å². The van der Waals surface area contributed by atoms with Crippen LogP contribution in [0.4, 0.5) is 5.95 Å². The molecule has 22 heavy (non-hydrogen) atoms. The molecule has 0 saturated heterocycles. The maximum Gasteiger partial charge on any atom is 0.231 e. The van der Waals surface area contributed by atoms with Crippen LogP contribution in [0.5, 0.6) is 0 Å². The number of hydrogen-bond acceptors (Lipinski definition) is 6.